The molecule has 0 aliphatic heterocycles. The summed E-state index contributed by atoms with van der Waals surface area (Å²) >= 11 is 6.32. The number of halogens is 1. The summed E-state index contributed by atoms with van der Waals surface area (Å²) in [6.07, 6.45) is 6.05. The third kappa shape index (κ3) is 4.56. The van der Waals surface area contributed by atoms with Crippen molar-refractivity contribution < 1.29 is 14.3 Å². The van der Waals surface area contributed by atoms with E-state index in [1.807, 2.05) is 18.2 Å². The maximum atomic E-state index is 12.9. The van der Waals surface area contributed by atoms with Crippen LogP contribution >= 0.6 is 11.6 Å². The standard InChI is InChI=1S/C23H26ClNO3/c1-15(16-8-4-3-5-9-16)25-22(26)20-14-17(12-13-21(20)24)18-10-6-7-11-19(18)23(27)28-2/h6-7,10-16H,3-5,8-9H2,1-2H3,(H,25,26)/t15-/m1/s1. The second-order valence-electron chi connectivity index (χ2n) is 7.39. The molecule has 5 heteroatoms. The van der Waals surface area contributed by atoms with Gasteiger partial charge in [0.05, 0.1) is 23.3 Å². The van der Waals surface area contributed by atoms with Gasteiger partial charge in [0.15, 0.2) is 0 Å². The summed E-state index contributed by atoms with van der Waals surface area (Å²) < 4.78 is 4.88. The van der Waals surface area contributed by atoms with Gasteiger partial charge in [0.25, 0.3) is 5.91 Å². The molecule has 2 aromatic carbocycles. The van der Waals surface area contributed by atoms with Gasteiger partial charge >= 0.3 is 5.97 Å². The number of hydrogen-bond donors (Lipinski definition) is 1. The first kappa shape index (κ1) is 20.4. The molecule has 0 heterocycles. The Bertz CT molecular complexity index is 859. The first-order valence-electron chi connectivity index (χ1n) is 9.79. The third-order valence-electron chi connectivity index (χ3n) is 5.57. The molecule has 1 atom stereocenters. The van der Waals surface area contributed by atoms with Crippen LogP contribution in [0.2, 0.25) is 5.02 Å². The van der Waals surface area contributed by atoms with Crippen LogP contribution in [0, 0.1) is 5.92 Å². The second-order valence-corrected chi connectivity index (χ2v) is 7.80. The minimum Gasteiger partial charge on any atom is -0.465 e. The van der Waals surface area contributed by atoms with Crippen molar-refractivity contribution in [1.29, 1.82) is 0 Å². The van der Waals surface area contributed by atoms with Gasteiger partial charge in [-0.15, -0.1) is 0 Å². The van der Waals surface area contributed by atoms with E-state index >= 15 is 0 Å². The quantitative estimate of drug-likeness (QED) is 0.676. The van der Waals surface area contributed by atoms with Gasteiger partial charge in [-0.25, -0.2) is 4.79 Å². The topological polar surface area (TPSA) is 55.4 Å². The fraction of sp³-hybridized carbons (Fsp3) is 0.391. The van der Waals surface area contributed by atoms with Crippen molar-refractivity contribution in [2.75, 3.05) is 7.11 Å². The molecule has 0 bridgehead atoms. The van der Waals surface area contributed by atoms with Crippen LogP contribution in [0.25, 0.3) is 11.1 Å². The van der Waals surface area contributed by atoms with Gasteiger partial charge in [0, 0.05) is 6.04 Å². The second kappa shape index (κ2) is 9.24. The summed E-state index contributed by atoms with van der Waals surface area (Å²) in [7, 11) is 1.35. The van der Waals surface area contributed by atoms with E-state index in [2.05, 4.69) is 12.2 Å². The average molecular weight is 400 g/mol. The molecule has 148 valence electrons. The lowest BCUT2D eigenvalue weighted by Crippen LogP contribution is -2.39. The van der Waals surface area contributed by atoms with Gasteiger partial charge in [0.1, 0.15) is 0 Å². The summed E-state index contributed by atoms with van der Waals surface area (Å²) in [5, 5.41) is 3.51. The summed E-state index contributed by atoms with van der Waals surface area (Å²) in [5.74, 6) is -0.0809. The molecule has 28 heavy (non-hydrogen) atoms. The normalized spacial score (nSPS) is 15.7. The van der Waals surface area contributed by atoms with Crippen molar-refractivity contribution in [3.63, 3.8) is 0 Å². The molecule has 4 nitrogen and oxygen atoms in total. The maximum absolute atomic E-state index is 12.9. The van der Waals surface area contributed by atoms with Crippen molar-refractivity contribution in [3.8, 4) is 11.1 Å². The molecule has 1 N–H and O–H groups in total. The fourth-order valence-corrected chi connectivity index (χ4v) is 4.13. The van der Waals surface area contributed by atoms with Crippen molar-refractivity contribution in [2.45, 2.75) is 45.1 Å². The molecule has 1 fully saturated rings. The highest BCUT2D eigenvalue weighted by molar-refractivity contribution is 6.34. The number of ether oxygens (including phenoxy) is 1. The van der Waals surface area contributed by atoms with Crippen LogP contribution < -0.4 is 5.32 Å². The molecule has 1 aliphatic carbocycles. The average Bonchev–Trinajstić information content (AvgIpc) is 2.74. The number of carbonyl (C=O) groups excluding carboxylic acids is 2. The molecule has 2 aromatic rings. The van der Waals surface area contributed by atoms with E-state index in [1.165, 1.54) is 26.4 Å². The molecule has 1 aliphatic rings. The van der Waals surface area contributed by atoms with E-state index in [0.29, 0.717) is 27.6 Å². The van der Waals surface area contributed by atoms with E-state index in [0.717, 1.165) is 18.4 Å². The largest absolute Gasteiger partial charge is 0.465 e. The van der Waals surface area contributed by atoms with Crippen molar-refractivity contribution in [1.82, 2.24) is 5.32 Å². The smallest absolute Gasteiger partial charge is 0.338 e. The summed E-state index contributed by atoms with van der Waals surface area (Å²) in [6, 6.07) is 12.5. The highest BCUT2D eigenvalue weighted by atomic mass is 35.5. The fourth-order valence-electron chi connectivity index (χ4n) is 3.93. The molecule has 0 radical (unpaired) electrons. The number of methoxy groups -OCH3 is 1. The van der Waals surface area contributed by atoms with Crippen molar-refractivity contribution >= 4 is 23.5 Å². The van der Waals surface area contributed by atoms with Crippen LogP contribution in [-0.2, 0) is 4.74 Å². The molecule has 0 unspecified atom stereocenters. The van der Waals surface area contributed by atoms with Crippen LogP contribution in [0.1, 0.15) is 59.7 Å². The van der Waals surface area contributed by atoms with Crippen LogP contribution in [0.4, 0.5) is 0 Å². The van der Waals surface area contributed by atoms with Crippen LogP contribution in [0.3, 0.4) is 0 Å². The Morgan fingerprint density at radius 2 is 1.79 bits per heavy atom. The molecule has 1 amide bonds. The molecule has 0 spiro atoms. The van der Waals surface area contributed by atoms with E-state index < -0.39 is 5.97 Å². The van der Waals surface area contributed by atoms with Gasteiger partial charge in [-0.3, -0.25) is 4.79 Å². The molecule has 0 saturated heterocycles. The van der Waals surface area contributed by atoms with Crippen LogP contribution in [0.15, 0.2) is 42.5 Å². The number of nitrogens with one attached hydrogen (secondary N) is 1. The van der Waals surface area contributed by atoms with Gasteiger partial charge in [-0.1, -0.05) is 55.1 Å². The molecule has 0 aromatic heterocycles. The number of carbonyl (C=O) groups is 2. The molecular weight excluding hydrogens is 374 g/mol. The Morgan fingerprint density at radius 1 is 1.07 bits per heavy atom. The Balaban J connectivity index is 1.86. The Labute approximate surface area is 171 Å². The van der Waals surface area contributed by atoms with Crippen LogP contribution in [0.5, 0.6) is 0 Å². The number of rotatable bonds is 5. The van der Waals surface area contributed by atoms with Gasteiger partial charge in [-0.05, 0) is 55.0 Å². The summed E-state index contributed by atoms with van der Waals surface area (Å²) in [4.78, 5) is 25.0. The predicted octanol–water partition coefficient (Wildman–Crippen LogP) is 5.49. The lowest BCUT2D eigenvalue weighted by atomic mass is 9.84. The van der Waals surface area contributed by atoms with Gasteiger partial charge in [-0.2, -0.15) is 0 Å². The third-order valence-corrected chi connectivity index (χ3v) is 5.90. The van der Waals surface area contributed by atoms with Crippen LogP contribution in [-0.4, -0.2) is 25.0 Å². The van der Waals surface area contributed by atoms with Crippen molar-refractivity contribution in [2.24, 2.45) is 5.92 Å². The van der Waals surface area contributed by atoms with E-state index in [4.69, 9.17) is 16.3 Å². The molecule has 3 rings (SSSR count). The molecular formula is C23H26ClNO3. The zero-order chi connectivity index (χ0) is 20.1. The number of amides is 1. The van der Waals surface area contributed by atoms with E-state index in [9.17, 15) is 9.59 Å². The first-order chi connectivity index (χ1) is 13.5. The Hall–Kier alpha value is -2.33. The SMILES string of the molecule is COC(=O)c1ccccc1-c1ccc(Cl)c(C(=O)N[C@H](C)C2CCCCC2)c1. The highest BCUT2D eigenvalue weighted by Gasteiger charge is 2.23. The zero-order valence-electron chi connectivity index (χ0n) is 16.3. The van der Waals surface area contributed by atoms with E-state index in [-0.39, 0.29) is 11.9 Å². The highest BCUT2D eigenvalue weighted by Crippen LogP contribution is 2.30. The predicted molar refractivity (Wildman–Crippen MR) is 112 cm³/mol. The first-order valence-corrected chi connectivity index (χ1v) is 10.2. The van der Waals surface area contributed by atoms with Crippen molar-refractivity contribution in [3.05, 3.63) is 58.6 Å². The number of hydrogen-bond acceptors (Lipinski definition) is 3. The summed E-state index contributed by atoms with van der Waals surface area (Å²) in [6.45, 7) is 2.07. The number of esters is 1. The monoisotopic (exact) mass is 399 g/mol. The maximum Gasteiger partial charge on any atom is 0.338 e. The zero-order valence-corrected chi connectivity index (χ0v) is 17.1. The Kier molecular flexibility index (Phi) is 6.74. The lowest BCUT2D eigenvalue weighted by molar-refractivity contribution is 0.0601. The van der Waals surface area contributed by atoms with Gasteiger partial charge < -0.3 is 10.1 Å². The minimum atomic E-state index is -0.414. The Morgan fingerprint density at radius 3 is 2.50 bits per heavy atom. The van der Waals surface area contributed by atoms with Gasteiger partial charge in [0.2, 0.25) is 0 Å². The molecule has 1 saturated carbocycles. The number of benzene rings is 2. The van der Waals surface area contributed by atoms with E-state index in [1.54, 1.807) is 24.3 Å². The summed E-state index contributed by atoms with van der Waals surface area (Å²) in [5.41, 5.74) is 2.33. The minimum absolute atomic E-state index is 0.106. The lowest BCUT2D eigenvalue weighted by Gasteiger charge is -2.28.